The molecule has 0 saturated carbocycles. The molecule has 0 spiro atoms. The summed E-state index contributed by atoms with van der Waals surface area (Å²) in [6, 6.07) is 7.22. The van der Waals surface area contributed by atoms with Crippen molar-refractivity contribution in [2.24, 2.45) is 0 Å². The van der Waals surface area contributed by atoms with E-state index >= 15 is 0 Å². The van der Waals surface area contributed by atoms with Crippen molar-refractivity contribution in [3.05, 3.63) is 28.7 Å². The molecule has 1 aromatic carbocycles. The fourth-order valence-corrected chi connectivity index (χ4v) is 1.77. The van der Waals surface area contributed by atoms with E-state index in [0.29, 0.717) is 6.54 Å². The van der Waals surface area contributed by atoms with Crippen LogP contribution in [0.25, 0.3) is 0 Å². The summed E-state index contributed by atoms with van der Waals surface area (Å²) in [6.45, 7) is 5.70. The highest BCUT2D eigenvalue weighted by molar-refractivity contribution is 9.10. The first-order valence-electron chi connectivity index (χ1n) is 6.43. The van der Waals surface area contributed by atoms with Gasteiger partial charge in [-0.15, -0.1) is 0 Å². The summed E-state index contributed by atoms with van der Waals surface area (Å²) in [7, 11) is 0. The minimum Gasteiger partial charge on any atom is -0.488 e. The second-order valence-electron chi connectivity index (χ2n) is 5.23. The molecule has 0 aliphatic heterocycles. The van der Waals surface area contributed by atoms with E-state index < -0.39 is 5.60 Å². The number of hydrogen-bond acceptors (Lipinski definition) is 3. The number of para-hydroxylation sites is 1. The van der Waals surface area contributed by atoms with Crippen LogP contribution in [0.3, 0.4) is 0 Å². The van der Waals surface area contributed by atoms with Gasteiger partial charge in [-0.05, 0) is 48.8 Å². The Bertz CT molecular complexity index is 446. The van der Waals surface area contributed by atoms with Gasteiger partial charge in [0.25, 0.3) is 0 Å². The van der Waals surface area contributed by atoms with Crippen molar-refractivity contribution in [1.29, 1.82) is 0 Å². The third-order valence-corrected chi connectivity index (χ3v) is 3.05. The minimum atomic E-state index is -0.922. The van der Waals surface area contributed by atoms with Gasteiger partial charge in [0.1, 0.15) is 11.9 Å². The van der Waals surface area contributed by atoms with Crippen LogP contribution in [0.4, 0.5) is 4.79 Å². The molecule has 0 aromatic heterocycles. The molecule has 0 bridgehead atoms. The highest BCUT2D eigenvalue weighted by Gasteiger charge is 2.14. The van der Waals surface area contributed by atoms with E-state index in [-0.39, 0.29) is 18.7 Å². The summed E-state index contributed by atoms with van der Waals surface area (Å²) in [4.78, 5) is 11.5. The van der Waals surface area contributed by atoms with Crippen molar-refractivity contribution < 1.29 is 14.6 Å². The quantitative estimate of drug-likeness (QED) is 0.741. The second kappa shape index (κ2) is 7.50. The highest BCUT2D eigenvalue weighted by atomic mass is 79.9. The molecular formula is C14H21BrN2O3. The summed E-state index contributed by atoms with van der Waals surface area (Å²) >= 11 is 3.40. The monoisotopic (exact) mass is 344 g/mol. The number of rotatable bonds is 6. The van der Waals surface area contributed by atoms with Gasteiger partial charge in [0.05, 0.1) is 16.6 Å². The van der Waals surface area contributed by atoms with E-state index in [2.05, 4.69) is 26.6 Å². The molecule has 20 heavy (non-hydrogen) atoms. The molecule has 1 rings (SSSR count). The van der Waals surface area contributed by atoms with Crippen LogP contribution in [0, 0.1) is 0 Å². The van der Waals surface area contributed by atoms with Crippen LogP contribution in [0.2, 0.25) is 0 Å². The van der Waals surface area contributed by atoms with Crippen LogP contribution in [0.5, 0.6) is 5.75 Å². The topological polar surface area (TPSA) is 70.6 Å². The Hall–Kier alpha value is -1.27. The molecule has 6 heteroatoms. The predicted octanol–water partition coefficient (Wildman–Crippen LogP) is 2.29. The molecule has 5 nitrogen and oxygen atoms in total. The normalized spacial score (nSPS) is 12.7. The molecule has 0 aliphatic carbocycles. The fourth-order valence-electron chi connectivity index (χ4n) is 1.39. The number of ether oxygens (including phenoxy) is 1. The SMILES string of the molecule is C[C@H](CNC(=O)NCC(C)(C)O)Oc1ccccc1Br. The van der Waals surface area contributed by atoms with Crippen LogP contribution >= 0.6 is 15.9 Å². The number of hydrogen-bond donors (Lipinski definition) is 3. The van der Waals surface area contributed by atoms with Crippen LogP contribution in [-0.2, 0) is 0 Å². The largest absolute Gasteiger partial charge is 0.488 e. The molecule has 3 N–H and O–H groups in total. The highest BCUT2D eigenvalue weighted by Crippen LogP contribution is 2.24. The molecule has 0 saturated heterocycles. The molecule has 0 aliphatic rings. The average Bonchev–Trinajstić information content (AvgIpc) is 2.36. The predicted molar refractivity (Wildman–Crippen MR) is 81.9 cm³/mol. The number of amides is 2. The number of benzene rings is 1. The Labute approximate surface area is 127 Å². The lowest BCUT2D eigenvalue weighted by atomic mass is 10.1. The average molecular weight is 345 g/mol. The maximum Gasteiger partial charge on any atom is 0.315 e. The summed E-state index contributed by atoms with van der Waals surface area (Å²) in [5.41, 5.74) is -0.922. The van der Waals surface area contributed by atoms with Crippen molar-refractivity contribution in [3.63, 3.8) is 0 Å². The lowest BCUT2D eigenvalue weighted by molar-refractivity contribution is 0.0818. The zero-order chi connectivity index (χ0) is 15.2. The summed E-state index contributed by atoms with van der Waals surface area (Å²) in [6.07, 6.45) is -0.165. The Kier molecular flexibility index (Phi) is 6.29. The van der Waals surface area contributed by atoms with Gasteiger partial charge >= 0.3 is 6.03 Å². The van der Waals surface area contributed by atoms with E-state index in [0.717, 1.165) is 10.2 Å². The Morgan fingerprint density at radius 3 is 2.65 bits per heavy atom. The van der Waals surface area contributed by atoms with Gasteiger partial charge in [-0.2, -0.15) is 0 Å². The van der Waals surface area contributed by atoms with Gasteiger partial charge in [0.15, 0.2) is 0 Å². The maximum absolute atomic E-state index is 11.5. The Balaban J connectivity index is 2.31. The van der Waals surface area contributed by atoms with Crippen molar-refractivity contribution >= 4 is 22.0 Å². The zero-order valence-electron chi connectivity index (χ0n) is 11.9. The molecule has 0 radical (unpaired) electrons. The molecule has 0 fully saturated rings. The number of halogens is 1. The van der Waals surface area contributed by atoms with Gasteiger partial charge in [-0.3, -0.25) is 0 Å². The third-order valence-electron chi connectivity index (χ3n) is 2.40. The van der Waals surface area contributed by atoms with Crippen LogP contribution in [0.1, 0.15) is 20.8 Å². The zero-order valence-corrected chi connectivity index (χ0v) is 13.5. The lowest BCUT2D eigenvalue weighted by Crippen LogP contribution is -2.45. The van der Waals surface area contributed by atoms with Gasteiger partial charge < -0.3 is 20.5 Å². The van der Waals surface area contributed by atoms with Crippen molar-refractivity contribution in [1.82, 2.24) is 10.6 Å². The van der Waals surface area contributed by atoms with Crippen LogP contribution in [0.15, 0.2) is 28.7 Å². The van der Waals surface area contributed by atoms with Gasteiger partial charge in [-0.1, -0.05) is 12.1 Å². The molecule has 112 valence electrons. The van der Waals surface area contributed by atoms with E-state index in [1.165, 1.54) is 0 Å². The van der Waals surface area contributed by atoms with E-state index in [1.54, 1.807) is 13.8 Å². The molecule has 2 amide bonds. The van der Waals surface area contributed by atoms with Gasteiger partial charge in [-0.25, -0.2) is 4.79 Å². The molecule has 0 heterocycles. The van der Waals surface area contributed by atoms with E-state index in [9.17, 15) is 9.90 Å². The smallest absolute Gasteiger partial charge is 0.315 e. The maximum atomic E-state index is 11.5. The second-order valence-corrected chi connectivity index (χ2v) is 6.09. The minimum absolute atomic E-state index is 0.165. The molecule has 0 unspecified atom stereocenters. The molecule has 1 atom stereocenters. The number of aliphatic hydroxyl groups is 1. The summed E-state index contributed by atoms with van der Waals surface area (Å²) in [5.74, 6) is 0.735. The first-order chi connectivity index (χ1) is 9.28. The Morgan fingerprint density at radius 1 is 1.40 bits per heavy atom. The number of urea groups is 1. The summed E-state index contributed by atoms with van der Waals surface area (Å²) in [5, 5.41) is 14.8. The van der Waals surface area contributed by atoms with E-state index in [1.807, 2.05) is 31.2 Å². The summed E-state index contributed by atoms with van der Waals surface area (Å²) < 4.78 is 6.58. The number of carbonyl (C=O) groups excluding carboxylic acids is 1. The fraction of sp³-hybridized carbons (Fsp3) is 0.500. The standard InChI is InChI=1S/C14H21BrN2O3/c1-10(20-12-7-5-4-6-11(12)15)8-16-13(18)17-9-14(2,3)19/h4-7,10,19H,8-9H2,1-3H3,(H2,16,17,18)/t10-/m1/s1. The molecular weight excluding hydrogens is 324 g/mol. The van der Waals surface area contributed by atoms with Crippen molar-refractivity contribution in [3.8, 4) is 5.75 Å². The Morgan fingerprint density at radius 2 is 2.05 bits per heavy atom. The van der Waals surface area contributed by atoms with Gasteiger partial charge in [0.2, 0.25) is 0 Å². The van der Waals surface area contributed by atoms with Crippen LogP contribution in [-0.4, -0.2) is 35.9 Å². The number of carbonyl (C=O) groups is 1. The first kappa shape index (κ1) is 16.8. The third kappa shape index (κ3) is 6.77. The first-order valence-corrected chi connectivity index (χ1v) is 7.22. The van der Waals surface area contributed by atoms with Crippen LogP contribution < -0.4 is 15.4 Å². The van der Waals surface area contributed by atoms with E-state index in [4.69, 9.17) is 4.74 Å². The molecule has 1 aromatic rings. The van der Waals surface area contributed by atoms with Crippen molar-refractivity contribution in [2.75, 3.05) is 13.1 Å². The van der Waals surface area contributed by atoms with Crippen molar-refractivity contribution in [2.45, 2.75) is 32.5 Å². The van der Waals surface area contributed by atoms with Gasteiger partial charge in [0, 0.05) is 6.54 Å². The lowest BCUT2D eigenvalue weighted by Gasteiger charge is -2.19. The number of nitrogens with one attached hydrogen (secondary N) is 2.